The van der Waals surface area contributed by atoms with Gasteiger partial charge in [-0.2, -0.15) is 0 Å². The highest BCUT2D eigenvalue weighted by Crippen LogP contribution is 2.52. The van der Waals surface area contributed by atoms with E-state index in [9.17, 15) is 34.5 Å². The molecule has 1 heterocycles. The van der Waals surface area contributed by atoms with Gasteiger partial charge in [-0.25, -0.2) is 4.79 Å². The summed E-state index contributed by atoms with van der Waals surface area (Å²) in [5.74, 6) is -7.68. The number of cyclic esters (lactones) is 1. The van der Waals surface area contributed by atoms with Gasteiger partial charge in [0.2, 0.25) is 5.91 Å². The lowest BCUT2D eigenvalue weighted by molar-refractivity contribution is -0.142. The fourth-order valence-corrected chi connectivity index (χ4v) is 4.84. The minimum atomic E-state index is -1.61. The van der Waals surface area contributed by atoms with Gasteiger partial charge in [-0.1, -0.05) is 12.1 Å². The van der Waals surface area contributed by atoms with E-state index in [0.29, 0.717) is 5.56 Å². The summed E-state index contributed by atoms with van der Waals surface area (Å²) in [6.07, 6.45) is -1.98. The molecule has 4 rings (SSSR count). The molecule has 1 aromatic carbocycles. The van der Waals surface area contributed by atoms with E-state index in [2.05, 4.69) is 0 Å². The standard InChI is InChI=1S/C20H19NO8/c1-20(8-3-2-4-10(22)14(8)19(28)29-20)9-6-12(24)13-7(16(9)25)5-11(23)15(17(13)26)18(21)27/h2-4,7,9,15-16,22,25-26H,5-6H2,1H3,(H2,21,27)/t7-,9+,15+,16+,20-/m0/s1. The number of phenols is 1. The molecule has 5 atom stereocenters. The van der Waals surface area contributed by atoms with Gasteiger partial charge in [0.15, 0.2) is 17.5 Å². The Morgan fingerprint density at radius 1 is 1.21 bits per heavy atom. The first kappa shape index (κ1) is 19.1. The Bertz CT molecular complexity index is 1010. The molecule has 1 saturated carbocycles. The number of esters is 1. The third-order valence-electron chi connectivity index (χ3n) is 6.27. The van der Waals surface area contributed by atoms with Crippen molar-refractivity contribution in [1.29, 1.82) is 0 Å². The molecule has 152 valence electrons. The summed E-state index contributed by atoms with van der Waals surface area (Å²) in [5, 5.41) is 31.4. The maximum absolute atomic E-state index is 12.8. The number of fused-ring (bicyclic) bond motifs is 2. The molecule has 0 aromatic heterocycles. The molecule has 0 spiro atoms. The van der Waals surface area contributed by atoms with E-state index in [1.54, 1.807) is 6.07 Å². The number of hydrogen-bond donors (Lipinski definition) is 4. The van der Waals surface area contributed by atoms with Crippen molar-refractivity contribution >= 4 is 23.4 Å². The normalized spacial score (nSPS) is 33.9. The zero-order valence-electron chi connectivity index (χ0n) is 15.4. The number of carbonyl (C=O) groups is 4. The summed E-state index contributed by atoms with van der Waals surface area (Å²) in [6, 6.07) is 4.41. The van der Waals surface area contributed by atoms with Gasteiger partial charge >= 0.3 is 5.97 Å². The molecule has 3 aliphatic rings. The minimum Gasteiger partial charge on any atom is -0.511 e. The first-order chi connectivity index (χ1) is 13.6. The van der Waals surface area contributed by atoms with Gasteiger partial charge in [-0.15, -0.1) is 0 Å². The number of ketones is 2. The molecule has 0 unspecified atom stereocenters. The molecule has 9 nitrogen and oxygen atoms in total. The Morgan fingerprint density at radius 2 is 1.90 bits per heavy atom. The molecule has 1 aliphatic heterocycles. The number of carbonyl (C=O) groups excluding carboxylic acids is 4. The van der Waals surface area contributed by atoms with Crippen molar-refractivity contribution in [3.63, 3.8) is 0 Å². The zero-order chi connectivity index (χ0) is 21.2. The number of ether oxygens (including phenoxy) is 1. The monoisotopic (exact) mass is 401 g/mol. The number of aromatic hydroxyl groups is 1. The van der Waals surface area contributed by atoms with Crippen molar-refractivity contribution in [2.24, 2.45) is 23.5 Å². The van der Waals surface area contributed by atoms with E-state index in [1.807, 2.05) is 0 Å². The number of hydrogen-bond acceptors (Lipinski definition) is 8. The number of aliphatic hydroxyl groups is 2. The molecule has 29 heavy (non-hydrogen) atoms. The van der Waals surface area contributed by atoms with Gasteiger partial charge in [0.25, 0.3) is 0 Å². The third-order valence-corrected chi connectivity index (χ3v) is 6.27. The Morgan fingerprint density at radius 3 is 2.55 bits per heavy atom. The molecule has 5 N–H and O–H groups in total. The fraction of sp³-hybridized carbons (Fsp3) is 0.400. The molecule has 1 aromatic rings. The molecule has 0 bridgehead atoms. The molecule has 0 saturated heterocycles. The van der Waals surface area contributed by atoms with Crippen LogP contribution < -0.4 is 5.73 Å². The van der Waals surface area contributed by atoms with E-state index in [4.69, 9.17) is 10.5 Å². The van der Waals surface area contributed by atoms with Crippen LogP contribution in [0, 0.1) is 17.8 Å². The number of aliphatic hydroxyl groups excluding tert-OH is 2. The van der Waals surface area contributed by atoms with E-state index >= 15 is 0 Å². The van der Waals surface area contributed by atoms with Crippen molar-refractivity contribution in [1.82, 2.24) is 0 Å². The largest absolute Gasteiger partial charge is 0.511 e. The van der Waals surface area contributed by atoms with Gasteiger partial charge in [-0.05, 0) is 13.0 Å². The number of phenolic OH excluding ortho intramolecular Hbond substituents is 1. The van der Waals surface area contributed by atoms with Crippen LogP contribution in [0.25, 0.3) is 0 Å². The van der Waals surface area contributed by atoms with Gasteiger partial charge in [0.05, 0.1) is 6.10 Å². The number of amides is 1. The van der Waals surface area contributed by atoms with Crippen molar-refractivity contribution < 1.29 is 39.2 Å². The van der Waals surface area contributed by atoms with Crippen LogP contribution in [0.1, 0.15) is 35.7 Å². The van der Waals surface area contributed by atoms with Crippen LogP contribution in [0.15, 0.2) is 29.5 Å². The van der Waals surface area contributed by atoms with E-state index in [-0.39, 0.29) is 29.7 Å². The zero-order valence-corrected chi connectivity index (χ0v) is 15.4. The van der Waals surface area contributed by atoms with E-state index in [0.717, 1.165) is 0 Å². The predicted octanol–water partition coefficient (Wildman–Crippen LogP) is 0.230. The maximum atomic E-state index is 12.8. The lowest BCUT2D eigenvalue weighted by Crippen LogP contribution is -2.52. The van der Waals surface area contributed by atoms with Crippen LogP contribution in [0.2, 0.25) is 0 Å². The van der Waals surface area contributed by atoms with Gasteiger partial charge in [0.1, 0.15) is 22.7 Å². The SMILES string of the molecule is C[C@]1([C@@H]2CC(=O)C3=C(O)[C@H](C(N)=O)C(=O)C[C@@H]3[C@H]2O)OC(=O)c2c(O)cccc21. The molecular formula is C20H19NO8. The minimum absolute atomic E-state index is 0.0349. The van der Waals surface area contributed by atoms with Crippen LogP contribution in [0.5, 0.6) is 5.75 Å². The lowest BCUT2D eigenvalue weighted by Gasteiger charge is -2.44. The van der Waals surface area contributed by atoms with Crippen molar-refractivity contribution in [2.75, 3.05) is 0 Å². The Hall–Kier alpha value is -3.20. The smallest absolute Gasteiger partial charge is 0.343 e. The second-order valence-electron chi connectivity index (χ2n) is 7.83. The summed E-state index contributed by atoms with van der Waals surface area (Å²) >= 11 is 0. The Labute approximate surface area is 164 Å². The molecular weight excluding hydrogens is 382 g/mol. The number of rotatable bonds is 2. The first-order valence-corrected chi connectivity index (χ1v) is 9.10. The average molecular weight is 401 g/mol. The number of benzene rings is 1. The van der Waals surface area contributed by atoms with Crippen LogP contribution in [-0.4, -0.2) is 44.9 Å². The fourth-order valence-electron chi connectivity index (χ4n) is 4.84. The molecule has 9 heteroatoms. The average Bonchev–Trinajstić information content (AvgIpc) is 2.90. The number of nitrogens with two attached hydrogens (primary N) is 1. The molecule has 0 radical (unpaired) electrons. The quantitative estimate of drug-likeness (QED) is 0.404. The van der Waals surface area contributed by atoms with Crippen LogP contribution in [0.4, 0.5) is 0 Å². The maximum Gasteiger partial charge on any atom is 0.343 e. The van der Waals surface area contributed by atoms with Gasteiger partial charge < -0.3 is 25.8 Å². The second-order valence-corrected chi connectivity index (χ2v) is 7.83. The predicted molar refractivity (Wildman–Crippen MR) is 95.4 cm³/mol. The summed E-state index contributed by atoms with van der Waals surface area (Å²) in [7, 11) is 0. The van der Waals surface area contributed by atoms with Gasteiger partial charge in [0, 0.05) is 35.8 Å². The molecule has 1 fully saturated rings. The summed E-state index contributed by atoms with van der Waals surface area (Å²) in [4.78, 5) is 49.0. The summed E-state index contributed by atoms with van der Waals surface area (Å²) in [6.45, 7) is 1.53. The Balaban J connectivity index is 1.79. The van der Waals surface area contributed by atoms with Crippen LogP contribution in [-0.2, 0) is 24.7 Å². The molecule has 2 aliphatic carbocycles. The van der Waals surface area contributed by atoms with Crippen molar-refractivity contribution in [2.45, 2.75) is 31.5 Å². The highest BCUT2D eigenvalue weighted by molar-refractivity contribution is 6.09. The van der Waals surface area contributed by atoms with Crippen molar-refractivity contribution in [3.05, 3.63) is 40.7 Å². The van der Waals surface area contributed by atoms with Crippen molar-refractivity contribution in [3.8, 4) is 5.75 Å². The number of Topliss-reactive ketones (excluding diaryl/α,β-unsaturated/α-hetero) is 2. The topological polar surface area (TPSA) is 164 Å². The third kappa shape index (κ3) is 2.50. The van der Waals surface area contributed by atoms with Crippen LogP contribution in [0.3, 0.4) is 0 Å². The summed E-state index contributed by atoms with van der Waals surface area (Å²) in [5.41, 5.74) is 3.86. The summed E-state index contributed by atoms with van der Waals surface area (Å²) < 4.78 is 5.50. The van der Waals surface area contributed by atoms with Crippen LogP contribution >= 0.6 is 0 Å². The highest BCUT2D eigenvalue weighted by atomic mass is 16.6. The first-order valence-electron chi connectivity index (χ1n) is 9.10. The van der Waals surface area contributed by atoms with E-state index in [1.165, 1.54) is 19.1 Å². The number of primary amides is 1. The van der Waals surface area contributed by atoms with E-state index < -0.39 is 58.7 Å². The molecule has 1 amide bonds. The second kappa shape index (κ2) is 6.15. The van der Waals surface area contributed by atoms with Gasteiger partial charge in [-0.3, -0.25) is 14.4 Å². The Kier molecular flexibility index (Phi) is 4.06. The lowest BCUT2D eigenvalue weighted by atomic mass is 9.62. The highest BCUT2D eigenvalue weighted by Gasteiger charge is 2.58.